The van der Waals surface area contributed by atoms with Crippen LogP contribution in [0.4, 0.5) is 0 Å². The minimum atomic E-state index is -0.384. The molecule has 3 heteroatoms. The number of hydrogen-bond acceptors (Lipinski definition) is 3. The Hall–Kier alpha value is -1.38. The molecule has 0 spiro atoms. The van der Waals surface area contributed by atoms with Crippen LogP contribution >= 0.6 is 0 Å². The highest BCUT2D eigenvalue weighted by Gasteiger charge is 2.05. The summed E-state index contributed by atoms with van der Waals surface area (Å²) in [7, 11) is 1.35. The maximum absolute atomic E-state index is 11.0. The maximum Gasteiger partial charge on any atom is 0.356 e. The Morgan fingerprint density at radius 2 is 2.07 bits per heavy atom. The summed E-state index contributed by atoms with van der Waals surface area (Å²) in [6.45, 7) is 5.99. The molecule has 0 saturated heterocycles. The van der Waals surface area contributed by atoms with Crippen LogP contribution in [0.2, 0.25) is 0 Å². The van der Waals surface area contributed by atoms with E-state index in [-0.39, 0.29) is 5.97 Å². The van der Waals surface area contributed by atoms with Gasteiger partial charge in [0.25, 0.3) is 0 Å². The fourth-order valence-corrected chi connectivity index (χ4v) is 0.895. The first-order valence-corrected chi connectivity index (χ1v) is 4.82. The molecule has 0 amide bonds. The number of carbonyl (C=O) groups is 1. The number of ether oxygens (including phenoxy) is 1. The molecule has 0 N–H and O–H groups in total. The van der Waals surface area contributed by atoms with Crippen LogP contribution in [0.1, 0.15) is 37.0 Å². The van der Waals surface area contributed by atoms with Crippen LogP contribution in [0.15, 0.2) is 18.2 Å². The number of methoxy groups -OCH3 is 1. The first-order valence-electron chi connectivity index (χ1n) is 4.82. The lowest BCUT2D eigenvalue weighted by Gasteiger charge is -1.99. The third kappa shape index (κ3) is 3.56. The van der Waals surface area contributed by atoms with E-state index in [1.165, 1.54) is 7.11 Å². The smallest absolute Gasteiger partial charge is 0.356 e. The zero-order chi connectivity index (χ0) is 11.0. The van der Waals surface area contributed by atoms with E-state index in [1.54, 1.807) is 12.1 Å². The minimum Gasteiger partial charge on any atom is -0.464 e. The molecule has 0 atom stereocenters. The zero-order valence-electron chi connectivity index (χ0n) is 9.20. The average molecular weight is 195 g/mol. The summed E-state index contributed by atoms with van der Waals surface area (Å²) < 4.78 is 4.53. The van der Waals surface area contributed by atoms with Gasteiger partial charge in [0.05, 0.1) is 7.11 Å². The van der Waals surface area contributed by atoms with Crippen LogP contribution in [-0.2, 0) is 11.2 Å². The normalized spacial score (nSPS) is 8.57. The van der Waals surface area contributed by atoms with Crippen LogP contribution in [0.25, 0.3) is 0 Å². The molecule has 0 saturated carbocycles. The zero-order valence-corrected chi connectivity index (χ0v) is 9.20. The van der Waals surface area contributed by atoms with Gasteiger partial charge >= 0.3 is 5.97 Å². The Morgan fingerprint density at radius 1 is 1.43 bits per heavy atom. The van der Waals surface area contributed by atoms with Crippen molar-refractivity contribution < 1.29 is 9.53 Å². The van der Waals surface area contributed by atoms with Crippen molar-refractivity contribution in [3.63, 3.8) is 0 Å². The molecule has 3 nitrogen and oxygen atoms in total. The third-order valence-corrected chi connectivity index (χ3v) is 1.56. The predicted octanol–water partition coefficient (Wildman–Crippen LogP) is 2.46. The number of esters is 1. The molecule has 14 heavy (non-hydrogen) atoms. The summed E-state index contributed by atoms with van der Waals surface area (Å²) in [5, 5.41) is 0. The number of aryl methyl sites for hydroxylation is 1. The molecule has 0 aliphatic rings. The fraction of sp³-hybridized carbons (Fsp3) is 0.455. The second kappa shape index (κ2) is 7.06. The largest absolute Gasteiger partial charge is 0.464 e. The molecule has 0 bridgehead atoms. The average Bonchev–Trinajstić information content (AvgIpc) is 2.30. The summed E-state index contributed by atoms with van der Waals surface area (Å²) in [6, 6.07) is 5.33. The number of pyridine rings is 1. The Balaban J connectivity index is 0.000000791. The molecule has 0 aliphatic heterocycles. The van der Waals surface area contributed by atoms with Gasteiger partial charge in [-0.25, -0.2) is 9.78 Å². The summed E-state index contributed by atoms with van der Waals surface area (Å²) >= 11 is 0. The number of aromatic nitrogens is 1. The van der Waals surface area contributed by atoms with E-state index in [9.17, 15) is 4.79 Å². The summed E-state index contributed by atoms with van der Waals surface area (Å²) in [4.78, 5) is 15.1. The Kier molecular flexibility index (Phi) is 6.37. The van der Waals surface area contributed by atoms with E-state index in [1.807, 2.05) is 26.8 Å². The first-order chi connectivity index (χ1) is 6.77. The van der Waals surface area contributed by atoms with Gasteiger partial charge in [-0.2, -0.15) is 0 Å². The van der Waals surface area contributed by atoms with Gasteiger partial charge in [0.1, 0.15) is 5.69 Å². The molecule has 1 rings (SSSR count). The lowest BCUT2D eigenvalue weighted by molar-refractivity contribution is 0.0593. The number of nitrogens with zero attached hydrogens (tertiary/aromatic N) is 1. The van der Waals surface area contributed by atoms with E-state index in [4.69, 9.17) is 0 Å². The fourth-order valence-electron chi connectivity index (χ4n) is 0.895. The quantitative estimate of drug-likeness (QED) is 0.680. The molecule has 0 unspecified atom stereocenters. The van der Waals surface area contributed by atoms with Gasteiger partial charge in [-0.1, -0.05) is 26.8 Å². The molecule has 1 aromatic heterocycles. The Bertz CT molecular complexity index is 284. The van der Waals surface area contributed by atoms with Crippen molar-refractivity contribution in [3.05, 3.63) is 29.6 Å². The SMILES string of the molecule is CC.CCc1cccc(C(=O)OC)n1. The van der Waals surface area contributed by atoms with Crippen molar-refractivity contribution in [2.45, 2.75) is 27.2 Å². The first kappa shape index (κ1) is 12.6. The predicted molar refractivity (Wildman–Crippen MR) is 56.3 cm³/mol. The highest BCUT2D eigenvalue weighted by Crippen LogP contribution is 2.01. The Labute approximate surface area is 85.1 Å². The van der Waals surface area contributed by atoms with Gasteiger partial charge in [-0.05, 0) is 18.6 Å². The molecule has 0 radical (unpaired) electrons. The lowest BCUT2D eigenvalue weighted by Crippen LogP contribution is -2.05. The van der Waals surface area contributed by atoms with Crippen LogP contribution in [0.3, 0.4) is 0 Å². The number of carbonyl (C=O) groups excluding carboxylic acids is 1. The molecule has 0 fully saturated rings. The van der Waals surface area contributed by atoms with Crippen molar-refractivity contribution >= 4 is 5.97 Å². The molecular formula is C11H17NO2. The van der Waals surface area contributed by atoms with Gasteiger partial charge < -0.3 is 4.74 Å². The Morgan fingerprint density at radius 3 is 2.57 bits per heavy atom. The minimum absolute atomic E-state index is 0.372. The highest BCUT2D eigenvalue weighted by molar-refractivity contribution is 5.87. The van der Waals surface area contributed by atoms with E-state index in [0.717, 1.165) is 12.1 Å². The standard InChI is InChI=1S/C9H11NO2.C2H6/c1-3-7-5-4-6-8(10-7)9(11)12-2;1-2/h4-6H,3H2,1-2H3;1-2H3. The van der Waals surface area contributed by atoms with Crippen molar-refractivity contribution in [1.29, 1.82) is 0 Å². The van der Waals surface area contributed by atoms with E-state index in [0.29, 0.717) is 5.69 Å². The van der Waals surface area contributed by atoms with Gasteiger partial charge in [-0.3, -0.25) is 0 Å². The monoisotopic (exact) mass is 195 g/mol. The van der Waals surface area contributed by atoms with Gasteiger partial charge in [0.15, 0.2) is 0 Å². The molecule has 1 aromatic rings. The summed E-state index contributed by atoms with van der Waals surface area (Å²) in [5.41, 5.74) is 1.27. The van der Waals surface area contributed by atoms with E-state index in [2.05, 4.69) is 9.72 Å². The molecule has 0 aromatic carbocycles. The topological polar surface area (TPSA) is 39.2 Å². The lowest BCUT2D eigenvalue weighted by atomic mass is 10.2. The van der Waals surface area contributed by atoms with Gasteiger partial charge in [0, 0.05) is 5.69 Å². The van der Waals surface area contributed by atoms with E-state index >= 15 is 0 Å². The molecular weight excluding hydrogens is 178 g/mol. The number of rotatable bonds is 2. The molecule has 0 aliphatic carbocycles. The van der Waals surface area contributed by atoms with Gasteiger partial charge in [0.2, 0.25) is 0 Å². The molecule has 78 valence electrons. The van der Waals surface area contributed by atoms with Crippen molar-refractivity contribution in [3.8, 4) is 0 Å². The van der Waals surface area contributed by atoms with Crippen molar-refractivity contribution in [2.75, 3.05) is 7.11 Å². The third-order valence-electron chi connectivity index (χ3n) is 1.56. The van der Waals surface area contributed by atoms with Crippen LogP contribution in [0.5, 0.6) is 0 Å². The number of hydrogen-bond donors (Lipinski definition) is 0. The van der Waals surface area contributed by atoms with Crippen LogP contribution < -0.4 is 0 Å². The van der Waals surface area contributed by atoms with Crippen molar-refractivity contribution in [2.24, 2.45) is 0 Å². The van der Waals surface area contributed by atoms with Crippen LogP contribution in [-0.4, -0.2) is 18.1 Å². The van der Waals surface area contributed by atoms with Crippen LogP contribution in [0, 0.1) is 0 Å². The maximum atomic E-state index is 11.0. The second-order valence-corrected chi connectivity index (χ2v) is 2.36. The second-order valence-electron chi connectivity index (χ2n) is 2.36. The summed E-state index contributed by atoms with van der Waals surface area (Å²) in [5.74, 6) is -0.384. The van der Waals surface area contributed by atoms with Crippen molar-refractivity contribution in [1.82, 2.24) is 4.98 Å². The van der Waals surface area contributed by atoms with E-state index < -0.39 is 0 Å². The molecule has 1 heterocycles. The summed E-state index contributed by atoms with van der Waals surface area (Å²) in [6.07, 6.45) is 0.824. The highest BCUT2D eigenvalue weighted by atomic mass is 16.5. The van der Waals surface area contributed by atoms with Gasteiger partial charge in [-0.15, -0.1) is 0 Å².